The lowest BCUT2D eigenvalue weighted by atomic mass is 10.0. The summed E-state index contributed by atoms with van der Waals surface area (Å²) in [5.41, 5.74) is -1.16. The Balaban J connectivity index is 1.99. The number of aliphatic hydroxyl groups excluding tert-OH is 1. The summed E-state index contributed by atoms with van der Waals surface area (Å²) >= 11 is 9.43. The average Bonchev–Trinajstić information content (AvgIpc) is 3.11. The van der Waals surface area contributed by atoms with Crippen LogP contribution in [0.5, 0.6) is 17.2 Å². The van der Waals surface area contributed by atoms with Crippen LogP contribution in [0.2, 0.25) is 0 Å². The Labute approximate surface area is 314 Å². The highest BCUT2D eigenvalue weighted by Gasteiger charge is 2.30. The smallest absolute Gasteiger partial charge is 0.343 e. The third-order valence-corrected chi connectivity index (χ3v) is 7.84. The van der Waals surface area contributed by atoms with Crippen LogP contribution in [0.25, 0.3) is 0 Å². The van der Waals surface area contributed by atoms with Crippen LogP contribution in [0, 0.1) is 0 Å². The molecule has 0 heterocycles. The summed E-state index contributed by atoms with van der Waals surface area (Å²) in [5.74, 6) is -1.03. The SMILES string of the molecule is COCCOCCOC(S)c1c(OC(=O)C2=CC=C(OC(C)O)CC2)ccc(OC(=O)c2ccc(OC(C)=O)cc2)c1C(S)OCCOCCOC. The lowest BCUT2D eigenvalue weighted by Crippen LogP contribution is -2.19. The fraction of sp³-hybridized carbons (Fsp3) is 0.472. The van der Waals surface area contributed by atoms with Crippen molar-refractivity contribution >= 4 is 43.2 Å². The number of carbonyl (C=O) groups is 3. The van der Waals surface area contributed by atoms with Gasteiger partial charge in [-0.25, -0.2) is 9.59 Å². The number of carbonyl (C=O) groups excluding carboxylic acids is 3. The number of benzene rings is 2. The number of esters is 3. The maximum atomic E-state index is 13.5. The van der Waals surface area contributed by atoms with E-state index in [4.69, 9.17) is 72.6 Å². The summed E-state index contributed by atoms with van der Waals surface area (Å²) in [6, 6.07) is 8.72. The zero-order valence-corrected chi connectivity index (χ0v) is 31.4. The molecule has 3 rings (SSSR count). The van der Waals surface area contributed by atoms with Gasteiger partial charge in [0.25, 0.3) is 0 Å². The molecule has 0 spiro atoms. The van der Waals surface area contributed by atoms with Gasteiger partial charge in [-0.15, -0.1) is 25.3 Å². The van der Waals surface area contributed by atoms with Crippen LogP contribution in [-0.4, -0.2) is 96.4 Å². The molecule has 286 valence electrons. The van der Waals surface area contributed by atoms with Crippen LogP contribution in [0.3, 0.4) is 0 Å². The third kappa shape index (κ3) is 14.5. The lowest BCUT2D eigenvalue weighted by molar-refractivity contribution is -0.132. The van der Waals surface area contributed by atoms with Crippen molar-refractivity contribution in [3.05, 3.63) is 76.6 Å². The minimum Gasteiger partial charge on any atom is -0.470 e. The van der Waals surface area contributed by atoms with Gasteiger partial charge in [-0.2, -0.15) is 0 Å². The molecule has 2 aromatic rings. The highest BCUT2D eigenvalue weighted by atomic mass is 32.1. The molecular weight excluding hydrogens is 721 g/mol. The van der Waals surface area contributed by atoms with Crippen molar-refractivity contribution in [2.24, 2.45) is 0 Å². The predicted molar refractivity (Wildman–Crippen MR) is 194 cm³/mol. The maximum absolute atomic E-state index is 13.5. The van der Waals surface area contributed by atoms with Crippen molar-refractivity contribution in [3.63, 3.8) is 0 Å². The molecule has 2 aromatic carbocycles. The number of rotatable bonds is 23. The number of thiol groups is 2. The summed E-state index contributed by atoms with van der Waals surface area (Å²) < 4.78 is 55.3. The fourth-order valence-corrected chi connectivity index (χ4v) is 5.37. The predicted octanol–water partition coefficient (Wildman–Crippen LogP) is 4.91. The van der Waals surface area contributed by atoms with E-state index < -0.39 is 35.1 Å². The molecule has 3 atom stereocenters. The van der Waals surface area contributed by atoms with Gasteiger partial charge in [0.1, 0.15) is 28.1 Å². The van der Waals surface area contributed by atoms with E-state index in [1.54, 1.807) is 26.4 Å². The first-order chi connectivity index (χ1) is 25.0. The summed E-state index contributed by atoms with van der Waals surface area (Å²) in [5, 5.41) is 9.54. The standard InChI is InChI=1S/C36H46O14S2/c1-23(37)47-27-9-5-25(6-10-27)33(39)49-29-13-14-30(50-34(40)26-7-11-28(12-8-26)48-24(2)38)32(36(52)46-22-20-44-18-16-42-4)31(29)35(51)45-21-19-43-17-15-41-3/h5-7,9-11,13-14,24,35-36,38,51-52H,8,12,15-22H2,1-4H3. The number of aliphatic hydroxyl groups is 1. The van der Waals surface area contributed by atoms with E-state index in [9.17, 15) is 19.5 Å². The zero-order valence-electron chi connectivity index (χ0n) is 29.6. The highest BCUT2D eigenvalue weighted by molar-refractivity contribution is 7.80. The van der Waals surface area contributed by atoms with E-state index in [1.165, 1.54) is 50.2 Å². The van der Waals surface area contributed by atoms with Crippen LogP contribution in [0.4, 0.5) is 0 Å². The molecule has 0 aliphatic heterocycles. The summed E-state index contributed by atoms with van der Waals surface area (Å²) in [7, 11) is 3.13. The Bertz CT molecular complexity index is 1510. The van der Waals surface area contributed by atoms with E-state index >= 15 is 0 Å². The molecule has 1 aliphatic carbocycles. The normalized spacial score (nSPS) is 14.4. The van der Waals surface area contributed by atoms with Crippen molar-refractivity contribution < 1.29 is 66.9 Å². The van der Waals surface area contributed by atoms with Gasteiger partial charge in [0.15, 0.2) is 6.29 Å². The van der Waals surface area contributed by atoms with Crippen molar-refractivity contribution in [1.29, 1.82) is 0 Å². The number of hydrogen-bond donors (Lipinski definition) is 3. The van der Waals surface area contributed by atoms with Crippen molar-refractivity contribution in [1.82, 2.24) is 0 Å². The highest BCUT2D eigenvalue weighted by Crippen LogP contribution is 2.44. The second kappa shape index (κ2) is 23.3. The first-order valence-corrected chi connectivity index (χ1v) is 17.4. The fourth-order valence-electron chi connectivity index (χ4n) is 4.63. The number of methoxy groups -OCH3 is 2. The van der Waals surface area contributed by atoms with Gasteiger partial charge in [0, 0.05) is 44.3 Å². The number of allylic oxidation sites excluding steroid dienone is 3. The molecule has 0 saturated carbocycles. The van der Waals surface area contributed by atoms with Crippen LogP contribution in [0.1, 0.15) is 59.0 Å². The second-order valence-corrected chi connectivity index (χ2v) is 11.9. The molecule has 0 saturated heterocycles. The Morgan fingerprint density at radius 3 is 1.67 bits per heavy atom. The van der Waals surface area contributed by atoms with Crippen LogP contribution < -0.4 is 14.2 Å². The largest absolute Gasteiger partial charge is 0.470 e. The van der Waals surface area contributed by atoms with Gasteiger partial charge < -0.3 is 52.5 Å². The number of hydrogen-bond acceptors (Lipinski definition) is 16. The van der Waals surface area contributed by atoms with Gasteiger partial charge in [-0.1, -0.05) is 0 Å². The molecule has 1 N–H and O–H groups in total. The number of ether oxygens (including phenoxy) is 10. The van der Waals surface area contributed by atoms with E-state index in [0.29, 0.717) is 50.6 Å². The Morgan fingerprint density at radius 2 is 1.21 bits per heavy atom. The lowest BCUT2D eigenvalue weighted by Gasteiger charge is -2.25. The maximum Gasteiger partial charge on any atom is 0.343 e. The Kier molecular flexibility index (Phi) is 19.2. The molecule has 3 unspecified atom stereocenters. The van der Waals surface area contributed by atoms with Gasteiger partial charge >= 0.3 is 17.9 Å². The molecule has 0 amide bonds. The van der Waals surface area contributed by atoms with Gasteiger partial charge in [0.2, 0.25) is 0 Å². The first kappa shape index (κ1) is 43.0. The van der Waals surface area contributed by atoms with Crippen molar-refractivity contribution in [3.8, 4) is 17.2 Å². The molecule has 0 aromatic heterocycles. The monoisotopic (exact) mass is 766 g/mol. The molecule has 0 radical (unpaired) electrons. The van der Waals surface area contributed by atoms with Crippen LogP contribution >= 0.6 is 25.3 Å². The zero-order chi connectivity index (χ0) is 37.9. The topological polar surface area (TPSA) is 164 Å². The summed E-state index contributed by atoms with van der Waals surface area (Å²) in [4.78, 5) is 38.2. The van der Waals surface area contributed by atoms with Crippen molar-refractivity contribution in [2.45, 2.75) is 43.9 Å². The van der Waals surface area contributed by atoms with E-state index in [1.807, 2.05) is 0 Å². The molecule has 16 heteroatoms. The molecule has 0 bridgehead atoms. The average molecular weight is 767 g/mol. The minimum atomic E-state index is -1.05. The first-order valence-electron chi connectivity index (χ1n) is 16.4. The summed E-state index contributed by atoms with van der Waals surface area (Å²) in [6.45, 7) is 4.86. The quantitative estimate of drug-likeness (QED) is 0.0460. The Hall–Kier alpha value is -3.45. The van der Waals surface area contributed by atoms with E-state index in [-0.39, 0.29) is 60.4 Å². The van der Waals surface area contributed by atoms with Crippen LogP contribution in [-0.2, 0) is 42.7 Å². The summed E-state index contributed by atoms with van der Waals surface area (Å²) in [6.07, 6.45) is 2.84. The van der Waals surface area contributed by atoms with Gasteiger partial charge in [-0.05, 0) is 61.9 Å². The van der Waals surface area contributed by atoms with E-state index in [0.717, 1.165) is 0 Å². The molecular formula is C36H46O14S2. The second-order valence-electron chi connectivity index (χ2n) is 11.0. The molecule has 1 aliphatic rings. The van der Waals surface area contributed by atoms with Crippen LogP contribution in [0.15, 0.2) is 59.9 Å². The van der Waals surface area contributed by atoms with Gasteiger partial charge in [-0.3, -0.25) is 4.79 Å². The molecule has 0 fully saturated rings. The molecule has 14 nitrogen and oxygen atoms in total. The third-order valence-electron chi connectivity index (χ3n) is 7.02. The van der Waals surface area contributed by atoms with Gasteiger partial charge in [0.05, 0.1) is 64.2 Å². The van der Waals surface area contributed by atoms with E-state index in [2.05, 4.69) is 0 Å². The Morgan fingerprint density at radius 1 is 0.692 bits per heavy atom. The minimum absolute atomic E-state index is 0.0305. The molecule has 52 heavy (non-hydrogen) atoms. The van der Waals surface area contributed by atoms with Crippen molar-refractivity contribution in [2.75, 3.05) is 67.1 Å².